The van der Waals surface area contributed by atoms with Crippen LogP contribution >= 0.6 is 0 Å². The summed E-state index contributed by atoms with van der Waals surface area (Å²) < 4.78 is 7.48. The number of anilines is 1. The molecule has 130 valence electrons. The van der Waals surface area contributed by atoms with Crippen molar-refractivity contribution in [2.75, 3.05) is 11.9 Å². The third-order valence-electron chi connectivity index (χ3n) is 4.79. The molecule has 0 aliphatic carbocycles. The Bertz CT molecular complexity index is 845. The lowest BCUT2D eigenvalue weighted by molar-refractivity contribution is -0.122. The average Bonchev–Trinajstić information content (AvgIpc) is 3.23. The number of hydrogen-bond acceptors (Lipinski definition) is 4. The average molecular weight is 340 g/mol. The van der Waals surface area contributed by atoms with Crippen LogP contribution in [0.2, 0.25) is 0 Å². The third kappa shape index (κ3) is 2.65. The number of amides is 2. The Labute approximate surface area is 145 Å². The van der Waals surface area contributed by atoms with E-state index in [1.54, 1.807) is 29.8 Å². The second-order valence-electron chi connectivity index (χ2n) is 6.54. The summed E-state index contributed by atoms with van der Waals surface area (Å²) >= 11 is 0. The Morgan fingerprint density at radius 3 is 3.00 bits per heavy atom. The van der Waals surface area contributed by atoms with E-state index in [0.717, 1.165) is 18.4 Å². The van der Waals surface area contributed by atoms with Crippen molar-refractivity contribution in [3.8, 4) is 5.75 Å². The van der Waals surface area contributed by atoms with Crippen molar-refractivity contribution in [3.63, 3.8) is 0 Å². The first-order valence-corrected chi connectivity index (χ1v) is 8.44. The molecule has 1 aromatic heterocycles. The van der Waals surface area contributed by atoms with E-state index in [4.69, 9.17) is 4.74 Å². The molecule has 2 aliphatic heterocycles. The second kappa shape index (κ2) is 5.91. The first kappa shape index (κ1) is 15.7. The monoisotopic (exact) mass is 340 g/mol. The van der Waals surface area contributed by atoms with Crippen LogP contribution < -0.4 is 10.1 Å². The molecule has 0 bridgehead atoms. The maximum Gasteiger partial charge on any atom is 0.265 e. The molecule has 4 rings (SSSR count). The van der Waals surface area contributed by atoms with Crippen molar-refractivity contribution in [2.24, 2.45) is 7.05 Å². The van der Waals surface area contributed by atoms with E-state index in [-0.39, 0.29) is 17.9 Å². The summed E-state index contributed by atoms with van der Waals surface area (Å²) in [7, 11) is 1.87. The summed E-state index contributed by atoms with van der Waals surface area (Å²) in [6.07, 6.45) is 5.02. The van der Waals surface area contributed by atoms with Gasteiger partial charge in [0.15, 0.2) is 11.9 Å². The van der Waals surface area contributed by atoms with E-state index in [0.29, 0.717) is 23.5 Å². The number of ether oxygens (including phenoxy) is 1. The smallest absolute Gasteiger partial charge is 0.265 e. The number of aryl methyl sites for hydroxylation is 1. The Balaban J connectivity index is 1.67. The van der Waals surface area contributed by atoms with Gasteiger partial charge in [-0.2, -0.15) is 5.10 Å². The second-order valence-corrected chi connectivity index (χ2v) is 6.54. The Morgan fingerprint density at radius 1 is 1.40 bits per heavy atom. The number of likely N-dealkylation sites (tertiary alicyclic amines) is 1. The van der Waals surface area contributed by atoms with Gasteiger partial charge in [0.05, 0.1) is 23.5 Å². The summed E-state index contributed by atoms with van der Waals surface area (Å²) in [6.45, 7) is 2.37. The number of nitrogens with one attached hydrogen (secondary N) is 1. The molecule has 2 atom stereocenters. The highest BCUT2D eigenvalue weighted by Crippen LogP contribution is 2.38. The van der Waals surface area contributed by atoms with Gasteiger partial charge < -0.3 is 15.0 Å². The molecule has 0 radical (unpaired) electrons. The lowest BCUT2D eigenvalue weighted by atomic mass is 10.1. The fraction of sp³-hybridized carbons (Fsp3) is 0.389. The number of para-hydroxylation sites is 1. The largest absolute Gasteiger partial charge is 0.478 e. The van der Waals surface area contributed by atoms with Crippen molar-refractivity contribution < 1.29 is 14.3 Å². The van der Waals surface area contributed by atoms with Gasteiger partial charge in [-0.25, -0.2) is 0 Å². The van der Waals surface area contributed by atoms with Crippen molar-refractivity contribution in [2.45, 2.75) is 31.9 Å². The van der Waals surface area contributed by atoms with Crippen molar-refractivity contribution >= 4 is 17.5 Å². The molecule has 25 heavy (non-hydrogen) atoms. The highest BCUT2D eigenvalue weighted by molar-refractivity contribution is 6.04. The van der Waals surface area contributed by atoms with Crippen LogP contribution in [-0.4, -0.2) is 39.1 Å². The van der Waals surface area contributed by atoms with Crippen LogP contribution in [0.5, 0.6) is 5.75 Å². The first-order chi connectivity index (χ1) is 12.0. The van der Waals surface area contributed by atoms with E-state index in [2.05, 4.69) is 10.4 Å². The van der Waals surface area contributed by atoms with E-state index < -0.39 is 6.10 Å². The van der Waals surface area contributed by atoms with Crippen molar-refractivity contribution in [1.82, 2.24) is 14.7 Å². The summed E-state index contributed by atoms with van der Waals surface area (Å²) in [5.74, 6) is 0.175. The zero-order chi connectivity index (χ0) is 17.6. The van der Waals surface area contributed by atoms with Crippen LogP contribution in [0.3, 0.4) is 0 Å². The number of aromatic nitrogens is 2. The Hall–Kier alpha value is -2.83. The SMILES string of the molecule is C[C@H]1Oc2c(cccc2C(=O)N2CCC[C@H]2c2cnn(C)c2)NC1=O. The first-order valence-electron chi connectivity index (χ1n) is 8.44. The molecule has 7 nitrogen and oxygen atoms in total. The summed E-state index contributed by atoms with van der Waals surface area (Å²) in [5, 5.41) is 7.02. The van der Waals surface area contributed by atoms with Gasteiger partial charge in [-0.15, -0.1) is 0 Å². The van der Waals surface area contributed by atoms with Crippen LogP contribution in [0.1, 0.15) is 41.7 Å². The van der Waals surface area contributed by atoms with Gasteiger partial charge in [0, 0.05) is 25.4 Å². The topological polar surface area (TPSA) is 76.5 Å². The molecule has 7 heteroatoms. The summed E-state index contributed by atoms with van der Waals surface area (Å²) in [4.78, 5) is 26.9. The van der Waals surface area contributed by atoms with Crippen LogP contribution in [0.15, 0.2) is 30.6 Å². The van der Waals surface area contributed by atoms with Gasteiger partial charge in [0.25, 0.3) is 11.8 Å². The molecule has 2 aliphatic rings. The van der Waals surface area contributed by atoms with E-state index >= 15 is 0 Å². The number of carbonyl (C=O) groups excluding carboxylic acids is 2. The van der Waals surface area contributed by atoms with Gasteiger partial charge in [-0.05, 0) is 31.9 Å². The highest BCUT2D eigenvalue weighted by Gasteiger charge is 2.35. The maximum atomic E-state index is 13.2. The van der Waals surface area contributed by atoms with Crippen molar-refractivity contribution in [1.29, 1.82) is 0 Å². The molecule has 0 unspecified atom stereocenters. The minimum atomic E-state index is -0.617. The zero-order valence-electron chi connectivity index (χ0n) is 14.2. The van der Waals surface area contributed by atoms with Gasteiger partial charge in [-0.1, -0.05) is 6.07 Å². The van der Waals surface area contributed by atoms with Crippen LogP contribution in [0.25, 0.3) is 0 Å². The van der Waals surface area contributed by atoms with Crippen LogP contribution in [0.4, 0.5) is 5.69 Å². The molecule has 2 amide bonds. The van der Waals surface area contributed by atoms with E-state index in [9.17, 15) is 9.59 Å². The number of fused-ring (bicyclic) bond motifs is 1. The van der Waals surface area contributed by atoms with Gasteiger partial charge in [0.1, 0.15) is 0 Å². The fourth-order valence-electron chi connectivity index (χ4n) is 3.52. The third-order valence-corrected chi connectivity index (χ3v) is 4.79. The number of hydrogen-bond donors (Lipinski definition) is 1. The molecule has 1 aromatic carbocycles. The standard InChI is InChI=1S/C18H20N4O3/c1-11-17(23)20-14-6-3-5-13(16(14)25-11)18(24)22-8-4-7-15(22)12-9-19-21(2)10-12/h3,5-6,9-11,15H,4,7-8H2,1-2H3,(H,20,23)/t11-,15+/m1/s1. The predicted octanol–water partition coefficient (Wildman–Crippen LogP) is 2.12. The van der Waals surface area contributed by atoms with Crippen LogP contribution in [-0.2, 0) is 11.8 Å². The summed E-state index contributed by atoms with van der Waals surface area (Å²) in [5.41, 5.74) is 2.08. The minimum Gasteiger partial charge on any atom is -0.478 e. The maximum absolute atomic E-state index is 13.2. The zero-order valence-corrected chi connectivity index (χ0v) is 14.2. The fourth-order valence-corrected chi connectivity index (χ4v) is 3.52. The molecule has 0 saturated carbocycles. The normalized spacial score (nSPS) is 22.3. The number of benzene rings is 1. The van der Waals surface area contributed by atoms with Crippen LogP contribution in [0, 0.1) is 0 Å². The molecule has 1 saturated heterocycles. The molecule has 2 aromatic rings. The number of rotatable bonds is 2. The Kier molecular flexibility index (Phi) is 3.71. The highest BCUT2D eigenvalue weighted by atomic mass is 16.5. The quantitative estimate of drug-likeness (QED) is 0.908. The minimum absolute atomic E-state index is 0.0210. The van der Waals surface area contributed by atoms with E-state index in [1.165, 1.54) is 0 Å². The molecule has 3 heterocycles. The molecule has 1 N–H and O–H groups in total. The Morgan fingerprint density at radius 2 is 2.24 bits per heavy atom. The molecule has 0 spiro atoms. The summed E-state index contributed by atoms with van der Waals surface area (Å²) in [6, 6.07) is 5.29. The molecular formula is C18H20N4O3. The lowest BCUT2D eigenvalue weighted by Gasteiger charge is -2.28. The molecule has 1 fully saturated rings. The predicted molar refractivity (Wildman–Crippen MR) is 91.4 cm³/mol. The lowest BCUT2D eigenvalue weighted by Crippen LogP contribution is -2.36. The number of nitrogens with zero attached hydrogens (tertiary/aromatic N) is 3. The van der Waals surface area contributed by atoms with E-state index in [1.807, 2.05) is 24.3 Å². The van der Waals surface area contributed by atoms with Gasteiger partial charge in [0.2, 0.25) is 0 Å². The van der Waals surface area contributed by atoms with Gasteiger partial charge >= 0.3 is 0 Å². The number of carbonyl (C=O) groups is 2. The van der Waals surface area contributed by atoms with Crippen molar-refractivity contribution in [3.05, 3.63) is 41.7 Å². The van der Waals surface area contributed by atoms with Gasteiger partial charge in [-0.3, -0.25) is 14.3 Å². The molecular weight excluding hydrogens is 320 g/mol.